The third-order valence-electron chi connectivity index (χ3n) is 2.24. The standard InChI is InChI=1S/C15H21N/c1-6-10-11-15(9-4)13(5)16-12-14(7-2)8-3/h6-7,9-12H,1-2,8H2,3-5H3/b11-10-,14-12+,15-9+,16-13+. The Kier molecular flexibility index (Phi) is 7.78. The summed E-state index contributed by atoms with van der Waals surface area (Å²) in [5.41, 5.74) is 3.24. The first-order chi connectivity index (χ1) is 7.69. The van der Waals surface area contributed by atoms with Gasteiger partial charge < -0.3 is 0 Å². The Labute approximate surface area is 99.3 Å². The molecule has 0 aromatic carbocycles. The summed E-state index contributed by atoms with van der Waals surface area (Å²) in [6, 6.07) is 0. The molecule has 0 aliphatic carbocycles. The number of hydrogen-bond donors (Lipinski definition) is 0. The molecule has 0 aromatic heterocycles. The van der Waals surface area contributed by atoms with Gasteiger partial charge in [0, 0.05) is 11.9 Å². The topological polar surface area (TPSA) is 12.4 Å². The van der Waals surface area contributed by atoms with Gasteiger partial charge in [0.15, 0.2) is 0 Å². The van der Waals surface area contributed by atoms with Gasteiger partial charge in [-0.2, -0.15) is 0 Å². The van der Waals surface area contributed by atoms with Crippen molar-refractivity contribution in [1.82, 2.24) is 0 Å². The molecule has 16 heavy (non-hydrogen) atoms. The Morgan fingerprint density at radius 1 is 1.31 bits per heavy atom. The van der Waals surface area contributed by atoms with E-state index in [1.165, 1.54) is 0 Å². The van der Waals surface area contributed by atoms with Gasteiger partial charge in [-0.15, -0.1) is 0 Å². The normalized spacial score (nSPS) is 14.3. The van der Waals surface area contributed by atoms with Gasteiger partial charge in [-0.1, -0.05) is 50.5 Å². The molecule has 1 nitrogen and oxygen atoms in total. The number of nitrogens with zero attached hydrogens (tertiary/aromatic N) is 1. The van der Waals surface area contributed by atoms with Crippen LogP contribution in [0, 0.1) is 0 Å². The number of hydrogen-bond acceptors (Lipinski definition) is 1. The molecule has 0 N–H and O–H groups in total. The van der Waals surface area contributed by atoms with E-state index in [0.717, 1.165) is 23.3 Å². The lowest BCUT2D eigenvalue weighted by Gasteiger charge is -1.99. The Morgan fingerprint density at radius 3 is 2.44 bits per heavy atom. The first-order valence-electron chi connectivity index (χ1n) is 5.51. The van der Waals surface area contributed by atoms with Gasteiger partial charge in [-0.3, -0.25) is 4.99 Å². The zero-order valence-electron chi connectivity index (χ0n) is 10.5. The third kappa shape index (κ3) is 5.30. The molecule has 1 heteroatoms. The first kappa shape index (κ1) is 14.4. The summed E-state index contributed by atoms with van der Waals surface area (Å²) in [6.45, 7) is 13.5. The fourth-order valence-electron chi connectivity index (χ4n) is 1.14. The summed E-state index contributed by atoms with van der Waals surface area (Å²) in [4.78, 5) is 4.42. The van der Waals surface area contributed by atoms with E-state index in [1.54, 1.807) is 6.08 Å². The molecule has 86 valence electrons. The minimum absolute atomic E-state index is 0.952. The predicted molar refractivity (Wildman–Crippen MR) is 74.8 cm³/mol. The molecule has 0 amide bonds. The summed E-state index contributed by atoms with van der Waals surface area (Å²) in [6.07, 6.45) is 12.4. The Hall–Kier alpha value is -1.63. The molecule has 0 bridgehead atoms. The fourth-order valence-corrected chi connectivity index (χ4v) is 1.14. The van der Waals surface area contributed by atoms with Crippen molar-refractivity contribution in [3.05, 3.63) is 60.9 Å². The Morgan fingerprint density at radius 2 is 2.00 bits per heavy atom. The number of aliphatic imine (C=N–C) groups is 1. The molecule has 0 radical (unpaired) electrons. The fraction of sp³-hybridized carbons (Fsp3) is 0.267. The second kappa shape index (κ2) is 8.66. The van der Waals surface area contributed by atoms with Crippen LogP contribution in [0.1, 0.15) is 27.2 Å². The molecular weight excluding hydrogens is 194 g/mol. The van der Waals surface area contributed by atoms with Crippen molar-refractivity contribution in [3.8, 4) is 0 Å². The summed E-state index contributed by atoms with van der Waals surface area (Å²) in [5.74, 6) is 0. The van der Waals surface area contributed by atoms with Crippen LogP contribution in [0.3, 0.4) is 0 Å². The van der Waals surface area contributed by atoms with Crippen LogP contribution in [-0.2, 0) is 0 Å². The van der Waals surface area contributed by atoms with Crippen LogP contribution >= 0.6 is 0 Å². The van der Waals surface area contributed by atoms with Crippen LogP contribution < -0.4 is 0 Å². The number of allylic oxidation sites excluding steroid dienone is 7. The van der Waals surface area contributed by atoms with Gasteiger partial charge in [0.1, 0.15) is 0 Å². The summed E-state index contributed by atoms with van der Waals surface area (Å²) in [7, 11) is 0. The van der Waals surface area contributed by atoms with E-state index in [1.807, 2.05) is 44.4 Å². The Balaban J connectivity index is 4.88. The van der Waals surface area contributed by atoms with E-state index in [9.17, 15) is 0 Å². The molecule has 0 fully saturated rings. The highest BCUT2D eigenvalue weighted by atomic mass is 14.7. The zero-order chi connectivity index (χ0) is 12.4. The number of rotatable bonds is 6. The SMILES string of the molecule is C=C\C=C/C(=C\C)C(/C)=N/C=C(\C=C)CC. The lowest BCUT2D eigenvalue weighted by atomic mass is 10.1. The summed E-state index contributed by atoms with van der Waals surface area (Å²) in [5, 5.41) is 0. The lowest BCUT2D eigenvalue weighted by molar-refractivity contribution is 1.14. The van der Waals surface area contributed by atoms with Crippen LogP contribution in [-0.4, -0.2) is 5.71 Å². The lowest BCUT2D eigenvalue weighted by Crippen LogP contribution is -1.93. The molecule has 0 atom stereocenters. The maximum Gasteiger partial charge on any atom is 0.0441 e. The van der Waals surface area contributed by atoms with E-state index >= 15 is 0 Å². The van der Waals surface area contributed by atoms with Crippen molar-refractivity contribution in [1.29, 1.82) is 0 Å². The van der Waals surface area contributed by atoms with Crippen molar-refractivity contribution < 1.29 is 0 Å². The van der Waals surface area contributed by atoms with Crippen LogP contribution in [0.5, 0.6) is 0 Å². The molecule has 0 spiro atoms. The van der Waals surface area contributed by atoms with Crippen molar-refractivity contribution in [2.75, 3.05) is 0 Å². The second-order valence-corrected chi connectivity index (χ2v) is 3.32. The second-order valence-electron chi connectivity index (χ2n) is 3.32. The van der Waals surface area contributed by atoms with Gasteiger partial charge >= 0.3 is 0 Å². The van der Waals surface area contributed by atoms with Crippen LogP contribution in [0.2, 0.25) is 0 Å². The highest BCUT2D eigenvalue weighted by molar-refractivity contribution is 6.01. The molecule has 0 aliphatic rings. The average molecular weight is 215 g/mol. The van der Waals surface area contributed by atoms with Gasteiger partial charge in [0.25, 0.3) is 0 Å². The monoisotopic (exact) mass is 215 g/mol. The van der Waals surface area contributed by atoms with Gasteiger partial charge in [-0.25, -0.2) is 0 Å². The van der Waals surface area contributed by atoms with Gasteiger partial charge in [0.2, 0.25) is 0 Å². The van der Waals surface area contributed by atoms with Crippen LogP contribution in [0.4, 0.5) is 0 Å². The van der Waals surface area contributed by atoms with Crippen molar-refractivity contribution in [2.45, 2.75) is 27.2 Å². The van der Waals surface area contributed by atoms with Crippen molar-refractivity contribution in [2.24, 2.45) is 4.99 Å². The van der Waals surface area contributed by atoms with E-state index in [4.69, 9.17) is 0 Å². The summed E-state index contributed by atoms with van der Waals surface area (Å²) >= 11 is 0. The molecule has 0 saturated heterocycles. The van der Waals surface area contributed by atoms with E-state index in [2.05, 4.69) is 25.1 Å². The van der Waals surface area contributed by atoms with E-state index < -0.39 is 0 Å². The smallest absolute Gasteiger partial charge is 0.0441 e. The molecule has 0 aromatic rings. The molecule has 0 aliphatic heterocycles. The zero-order valence-corrected chi connectivity index (χ0v) is 10.5. The minimum Gasteiger partial charge on any atom is -0.261 e. The van der Waals surface area contributed by atoms with Crippen molar-refractivity contribution >= 4 is 5.71 Å². The van der Waals surface area contributed by atoms with Gasteiger partial charge in [0.05, 0.1) is 0 Å². The quantitative estimate of drug-likeness (QED) is 0.453. The predicted octanol–water partition coefficient (Wildman–Crippen LogP) is 4.62. The molecular formula is C15H21N. The molecule has 0 saturated carbocycles. The van der Waals surface area contributed by atoms with Crippen LogP contribution in [0.15, 0.2) is 65.9 Å². The minimum atomic E-state index is 0.952. The maximum absolute atomic E-state index is 4.42. The Bertz CT molecular complexity index is 352. The average Bonchev–Trinajstić information content (AvgIpc) is 2.31. The molecule has 0 unspecified atom stereocenters. The molecule has 0 rings (SSSR count). The van der Waals surface area contributed by atoms with Gasteiger partial charge in [-0.05, 0) is 31.4 Å². The third-order valence-corrected chi connectivity index (χ3v) is 2.24. The maximum atomic E-state index is 4.42. The largest absolute Gasteiger partial charge is 0.261 e. The highest BCUT2D eigenvalue weighted by Crippen LogP contribution is 2.05. The first-order valence-corrected chi connectivity index (χ1v) is 5.51. The summed E-state index contributed by atoms with van der Waals surface area (Å²) < 4.78 is 0. The van der Waals surface area contributed by atoms with Crippen molar-refractivity contribution in [3.63, 3.8) is 0 Å². The van der Waals surface area contributed by atoms with E-state index in [-0.39, 0.29) is 0 Å². The van der Waals surface area contributed by atoms with E-state index in [0.29, 0.717) is 0 Å². The van der Waals surface area contributed by atoms with Crippen LogP contribution in [0.25, 0.3) is 0 Å². The highest BCUT2D eigenvalue weighted by Gasteiger charge is 1.94. The molecule has 0 heterocycles.